The zero-order valence-electron chi connectivity index (χ0n) is 16.9. The molecule has 1 aliphatic carbocycles. The van der Waals surface area contributed by atoms with Crippen molar-refractivity contribution in [1.82, 2.24) is 4.90 Å². The molecule has 3 heteroatoms. The van der Waals surface area contributed by atoms with Gasteiger partial charge in [-0.1, -0.05) is 48.5 Å². The first-order chi connectivity index (χ1) is 13.6. The maximum Gasteiger partial charge on any atom is 0.0506 e. The molecule has 1 saturated carbocycles. The number of likely N-dealkylation sites (N-methyl/N-ethyl adjacent to an activating group) is 1. The van der Waals surface area contributed by atoms with Crippen molar-refractivity contribution in [3.8, 4) is 0 Å². The van der Waals surface area contributed by atoms with Crippen molar-refractivity contribution in [2.75, 3.05) is 19.8 Å². The summed E-state index contributed by atoms with van der Waals surface area (Å²) in [4.78, 5) is 4.23. The van der Waals surface area contributed by atoms with Gasteiger partial charge in [-0.2, -0.15) is 0 Å². The average Bonchev–Trinajstić information content (AvgIpc) is 3.11. The third-order valence-corrected chi connectivity index (χ3v) is 10.3. The Kier molecular flexibility index (Phi) is 4.81. The van der Waals surface area contributed by atoms with E-state index in [0.29, 0.717) is 10.3 Å². The van der Waals surface area contributed by atoms with Gasteiger partial charge in [0, 0.05) is 15.1 Å². The summed E-state index contributed by atoms with van der Waals surface area (Å²) in [6.45, 7) is 0. The van der Waals surface area contributed by atoms with Crippen LogP contribution in [0.5, 0.6) is 0 Å². The van der Waals surface area contributed by atoms with Crippen LogP contribution < -0.4 is 0 Å². The minimum Gasteiger partial charge on any atom is -0.303 e. The summed E-state index contributed by atoms with van der Waals surface area (Å²) in [6, 6.07) is 20.2. The van der Waals surface area contributed by atoms with Crippen LogP contribution in [0.2, 0.25) is 0 Å². The number of aryl methyl sites for hydroxylation is 1. The molecule has 0 saturated heterocycles. The molecule has 0 unspecified atom stereocenters. The molecular weight excluding hydrogens is 378 g/mol. The molecule has 28 heavy (non-hydrogen) atoms. The molecule has 5 rings (SSSR count). The highest BCUT2D eigenvalue weighted by molar-refractivity contribution is 8.00. The Morgan fingerprint density at radius 2 is 1.61 bits per heavy atom. The van der Waals surface area contributed by atoms with E-state index in [-0.39, 0.29) is 0 Å². The Morgan fingerprint density at radius 3 is 2.36 bits per heavy atom. The molecule has 0 N–H and O–H groups in total. The van der Waals surface area contributed by atoms with Gasteiger partial charge in [-0.25, -0.2) is 0 Å². The minimum absolute atomic E-state index is 0.293. The second-order valence-corrected chi connectivity index (χ2v) is 11.3. The van der Waals surface area contributed by atoms with Crippen molar-refractivity contribution >= 4 is 33.2 Å². The molecule has 2 heterocycles. The fourth-order valence-corrected chi connectivity index (χ4v) is 8.52. The largest absolute Gasteiger partial charge is 0.303 e. The van der Waals surface area contributed by atoms with E-state index in [0.717, 1.165) is 0 Å². The highest BCUT2D eigenvalue weighted by Crippen LogP contribution is 2.58. The summed E-state index contributed by atoms with van der Waals surface area (Å²) in [6.07, 6.45) is 7.60. The molecule has 0 amide bonds. The van der Waals surface area contributed by atoms with E-state index < -0.39 is 0 Å². The lowest BCUT2D eigenvalue weighted by molar-refractivity contribution is 0.0870. The number of thioether (sulfide) groups is 1. The number of hydrogen-bond donors (Lipinski definition) is 0. The standard InChI is InChI=1S/C25H29NS2/c1-26(2)24(18-19-8-4-3-5-9-19)13-15-25(16-14-24)23-21(12-17-27-25)20-10-6-7-11-22(20)28-23/h3-11H,12-18H2,1-2H3. The van der Waals surface area contributed by atoms with E-state index in [1.807, 2.05) is 0 Å². The summed E-state index contributed by atoms with van der Waals surface area (Å²) in [5.41, 5.74) is 3.44. The second-order valence-electron chi connectivity index (χ2n) is 8.78. The molecule has 1 fully saturated rings. The number of thiophene rings is 1. The van der Waals surface area contributed by atoms with Gasteiger partial charge in [0.2, 0.25) is 0 Å². The fourth-order valence-electron chi connectivity index (χ4n) is 5.38. The zero-order valence-corrected chi connectivity index (χ0v) is 18.5. The van der Waals surface area contributed by atoms with Gasteiger partial charge in [0.25, 0.3) is 0 Å². The average molecular weight is 408 g/mol. The van der Waals surface area contributed by atoms with Crippen LogP contribution in [0.15, 0.2) is 54.6 Å². The molecule has 0 atom stereocenters. The van der Waals surface area contributed by atoms with E-state index >= 15 is 0 Å². The molecule has 1 nitrogen and oxygen atoms in total. The molecule has 1 aromatic heterocycles. The van der Waals surface area contributed by atoms with E-state index in [9.17, 15) is 0 Å². The van der Waals surface area contributed by atoms with Crippen LogP contribution in [0.4, 0.5) is 0 Å². The molecule has 3 aromatic rings. The van der Waals surface area contributed by atoms with Gasteiger partial charge in [0.05, 0.1) is 4.75 Å². The summed E-state index contributed by atoms with van der Waals surface area (Å²) in [7, 11) is 4.58. The number of fused-ring (bicyclic) bond motifs is 4. The van der Waals surface area contributed by atoms with Crippen molar-refractivity contribution in [3.05, 3.63) is 70.6 Å². The van der Waals surface area contributed by atoms with Crippen molar-refractivity contribution in [1.29, 1.82) is 0 Å². The smallest absolute Gasteiger partial charge is 0.0506 e. The SMILES string of the molecule is CN(C)C1(Cc2ccccc2)CCC2(CC1)SCCc1c2sc2ccccc12. The maximum atomic E-state index is 2.52. The quantitative estimate of drug-likeness (QED) is 0.487. The van der Waals surface area contributed by atoms with E-state index in [1.54, 1.807) is 10.4 Å². The molecule has 2 aliphatic rings. The van der Waals surface area contributed by atoms with E-state index in [4.69, 9.17) is 0 Å². The lowest BCUT2D eigenvalue weighted by Crippen LogP contribution is -2.51. The zero-order chi connectivity index (χ0) is 19.2. The fraction of sp³-hybridized carbons (Fsp3) is 0.440. The summed E-state index contributed by atoms with van der Waals surface area (Å²) >= 11 is 4.34. The van der Waals surface area contributed by atoms with Gasteiger partial charge in [-0.3, -0.25) is 0 Å². The topological polar surface area (TPSA) is 3.24 Å². The lowest BCUT2D eigenvalue weighted by Gasteiger charge is -2.50. The predicted molar refractivity (Wildman–Crippen MR) is 125 cm³/mol. The summed E-state index contributed by atoms with van der Waals surface area (Å²) in [5.74, 6) is 1.28. The first kappa shape index (κ1) is 18.7. The Bertz CT molecular complexity index is 965. The van der Waals surface area contributed by atoms with Crippen molar-refractivity contribution in [2.45, 2.75) is 48.8 Å². The van der Waals surface area contributed by atoms with Gasteiger partial charge in [-0.05, 0) is 81.0 Å². The first-order valence-corrected chi connectivity index (χ1v) is 12.3. The summed E-state index contributed by atoms with van der Waals surface area (Å²) < 4.78 is 1.84. The Morgan fingerprint density at radius 1 is 0.893 bits per heavy atom. The molecule has 1 spiro atoms. The van der Waals surface area contributed by atoms with Crippen LogP contribution in [-0.4, -0.2) is 30.3 Å². The third kappa shape index (κ3) is 3.03. The second kappa shape index (κ2) is 7.19. The number of nitrogens with zero attached hydrogens (tertiary/aromatic N) is 1. The molecule has 1 aliphatic heterocycles. The number of rotatable bonds is 3. The predicted octanol–water partition coefficient (Wildman–Crippen LogP) is 6.50. The van der Waals surface area contributed by atoms with Crippen LogP contribution >= 0.6 is 23.1 Å². The number of hydrogen-bond acceptors (Lipinski definition) is 3. The van der Waals surface area contributed by atoms with Crippen molar-refractivity contribution in [3.63, 3.8) is 0 Å². The van der Waals surface area contributed by atoms with Crippen LogP contribution in [0, 0.1) is 0 Å². The van der Waals surface area contributed by atoms with Crippen LogP contribution in [-0.2, 0) is 17.6 Å². The normalized spacial score (nSPS) is 27.4. The highest BCUT2D eigenvalue weighted by Gasteiger charge is 2.48. The monoisotopic (exact) mass is 407 g/mol. The van der Waals surface area contributed by atoms with Gasteiger partial charge < -0.3 is 4.90 Å². The summed E-state index contributed by atoms with van der Waals surface area (Å²) in [5, 5.41) is 1.52. The Hall–Kier alpha value is -1.29. The molecular formula is C25H29NS2. The number of benzene rings is 2. The molecule has 0 radical (unpaired) electrons. The Labute approximate surface area is 177 Å². The molecule has 2 aromatic carbocycles. The molecule has 0 bridgehead atoms. The minimum atomic E-state index is 0.293. The van der Waals surface area contributed by atoms with Gasteiger partial charge in [0.1, 0.15) is 0 Å². The molecule has 146 valence electrons. The van der Waals surface area contributed by atoms with E-state index in [2.05, 4.69) is 96.7 Å². The third-order valence-electron chi connectivity index (χ3n) is 7.16. The van der Waals surface area contributed by atoms with Crippen LogP contribution in [0.25, 0.3) is 10.1 Å². The van der Waals surface area contributed by atoms with Gasteiger partial charge in [-0.15, -0.1) is 23.1 Å². The Balaban J connectivity index is 1.46. The van der Waals surface area contributed by atoms with Gasteiger partial charge in [0.15, 0.2) is 0 Å². The van der Waals surface area contributed by atoms with Crippen molar-refractivity contribution < 1.29 is 0 Å². The van der Waals surface area contributed by atoms with Gasteiger partial charge >= 0.3 is 0 Å². The maximum absolute atomic E-state index is 2.52. The van der Waals surface area contributed by atoms with Crippen LogP contribution in [0.3, 0.4) is 0 Å². The van der Waals surface area contributed by atoms with Crippen LogP contribution in [0.1, 0.15) is 41.7 Å². The highest BCUT2D eigenvalue weighted by atomic mass is 32.2. The lowest BCUT2D eigenvalue weighted by atomic mass is 9.71. The first-order valence-electron chi connectivity index (χ1n) is 10.5. The van der Waals surface area contributed by atoms with E-state index in [1.165, 1.54) is 59.9 Å². The van der Waals surface area contributed by atoms with Crippen molar-refractivity contribution in [2.24, 2.45) is 0 Å².